The summed E-state index contributed by atoms with van der Waals surface area (Å²) in [5.41, 5.74) is 6.33. The first kappa shape index (κ1) is 54.1. The molecule has 19 heteroatoms. The van der Waals surface area contributed by atoms with Crippen molar-refractivity contribution in [2.45, 2.75) is 143 Å². The lowest BCUT2D eigenvalue weighted by molar-refractivity contribution is -0.136. The lowest BCUT2D eigenvalue weighted by atomic mass is 9.87. The van der Waals surface area contributed by atoms with Crippen molar-refractivity contribution in [3.63, 3.8) is 0 Å². The molecule has 0 bridgehead atoms. The van der Waals surface area contributed by atoms with Crippen LogP contribution in [0.15, 0.2) is 60.7 Å². The Kier molecular flexibility index (Phi) is 16.1. The first-order valence-corrected chi connectivity index (χ1v) is 26.4. The standard InChI is InChI=1S/C56H73N9O10/c1-12-74-54(70)64-42-24-18-34(30-38(42)57-48(64)44-16-14-28-61(44)50(66)46(32(3)4)59-52(68)72-10)40-26-27-41(63(40)37-22-20-36(21-23-37)56(7,8)9)35-19-25-43-39(31-35)58-49(65(43)55(71)75-13-2)45-17-15-29-62(45)51(67)47(33(5)6)60-53(69)73-11/h18-25,30-33,40-41,44-47H,12-17,26-29H2,1-11H3,(H,59,68)(H,60,69)/t40-,41-,44+,45?,46+,47+/m1/s1. The van der Waals surface area contributed by atoms with Crippen LogP contribution in [0.4, 0.5) is 24.9 Å². The molecule has 402 valence electrons. The number of aromatic nitrogens is 4. The summed E-state index contributed by atoms with van der Waals surface area (Å²) >= 11 is 0. The highest BCUT2D eigenvalue weighted by Crippen LogP contribution is 2.49. The van der Waals surface area contributed by atoms with Crippen LogP contribution in [0.5, 0.6) is 0 Å². The summed E-state index contributed by atoms with van der Waals surface area (Å²) in [5, 5.41) is 5.41. The Bertz CT molecular complexity index is 2770. The van der Waals surface area contributed by atoms with Gasteiger partial charge < -0.3 is 44.3 Å². The molecule has 3 saturated heterocycles. The lowest BCUT2D eigenvalue weighted by Gasteiger charge is -2.34. The van der Waals surface area contributed by atoms with Gasteiger partial charge in [0.2, 0.25) is 11.8 Å². The molecule has 6 atom stereocenters. The quantitative estimate of drug-likeness (QED) is 0.105. The zero-order valence-corrected chi connectivity index (χ0v) is 45.2. The number of hydrogen-bond donors (Lipinski definition) is 2. The molecule has 2 N–H and O–H groups in total. The van der Waals surface area contributed by atoms with E-state index in [0.29, 0.717) is 72.5 Å². The first-order valence-electron chi connectivity index (χ1n) is 26.4. The van der Waals surface area contributed by atoms with Crippen LogP contribution < -0.4 is 15.5 Å². The van der Waals surface area contributed by atoms with Crippen LogP contribution >= 0.6 is 0 Å². The molecule has 3 fully saturated rings. The topological polar surface area (TPSA) is 209 Å². The minimum Gasteiger partial charge on any atom is -0.453 e. The summed E-state index contributed by atoms with van der Waals surface area (Å²) in [6.45, 7) is 18.6. The van der Waals surface area contributed by atoms with E-state index in [-0.39, 0.29) is 54.4 Å². The second-order valence-electron chi connectivity index (χ2n) is 21.4. The number of anilines is 1. The largest absolute Gasteiger partial charge is 0.453 e. The van der Waals surface area contributed by atoms with Gasteiger partial charge in [0.1, 0.15) is 23.7 Å². The number of imidazole rings is 2. The van der Waals surface area contributed by atoms with Crippen molar-refractivity contribution in [3.8, 4) is 0 Å². The summed E-state index contributed by atoms with van der Waals surface area (Å²) in [4.78, 5) is 97.2. The fourth-order valence-corrected chi connectivity index (χ4v) is 11.2. The smallest absolute Gasteiger partial charge is 0.420 e. The van der Waals surface area contributed by atoms with Crippen molar-refractivity contribution >= 4 is 63.9 Å². The zero-order valence-electron chi connectivity index (χ0n) is 45.2. The van der Waals surface area contributed by atoms with E-state index >= 15 is 0 Å². The van der Waals surface area contributed by atoms with Crippen molar-refractivity contribution in [1.82, 2.24) is 39.5 Å². The number of nitrogens with zero attached hydrogens (tertiary/aromatic N) is 7. The van der Waals surface area contributed by atoms with Crippen molar-refractivity contribution in [1.29, 1.82) is 0 Å². The van der Waals surface area contributed by atoms with E-state index in [4.69, 9.17) is 28.9 Å². The van der Waals surface area contributed by atoms with E-state index in [1.54, 1.807) is 23.6 Å². The number of carbonyl (C=O) groups excluding carboxylic acids is 6. The van der Waals surface area contributed by atoms with E-state index in [0.717, 1.165) is 29.7 Å². The molecule has 1 unspecified atom stereocenters. The molecule has 3 aromatic carbocycles. The number of carbonyl (C=O) groups is 6. The van der Waals surface area contributed by atoms with Crippen molar-refractivity contribution in [3.05, 3.63) is 89.0 Å². The average Bonchev–Trinajstić information content (AvgIpc) is 4.25. The number of amides is 4. The fraction of sp³-hybridized carbons (Fsp3) is 0.536. The van der Waals surface area contributed by atoms with Crippen molar-refractivity contribution in [2.75, 3.05) is 45.4 Å². The Morgan fingerprint density at radius 3 is 1.37 bits per heavy atom. The molecule has 2 aromatic heterocycles. The molecular formula is C56H73N9O10. The number of methoxy groups -OCH3 is 2. The molecule has 3 aliphatic heterocycles. The number of fused-ring (bicyclic) bond motifs is 2. The number of likely N-dealkylation sites (tertiary alicyclic amines) is 2. The second kappa shape index (κ2) is 22.3. The summed E-state index contributed by atoms with van der Waals surface area (Å²) < 4.78 is 23.9. The number of benzene rings is 3. The second-order valence-corrected chi connectivity index (χ2v) is 21.4. The predicted octanol–water partition coefficient (Wildman–Crippen LogP) is 9.86. The van der Waals surface area contributed by atoms with Gasteiger partial charge >= 0.3 is 24.4 Å². The highest BCUT2D eigenvalue weighted by Gasteiger charge is 2.43. The molecule has 19 nitrogen and oxygen atoms in total. The minimum atomic E-state index is -0.853. The van der Waals surface area contributed by atoms with E-state index < -0.39 is 48.5 Å². The minimum absolute atomic E-state index is 0.0799. The molecular weight excluding hydrogens is 959 g/mol. The Hall–Kier alpha value is -7.18. The number of ether oxygens (including phenoxy) is 4. The Morgan fingerprint density at radius 1 is 0.600 bits per heavy atom. The maximum absolute atomic E-state index is 14.2. The van der Waals surface area contributed by atoms with Crippen LogP contribution in [0.3, 0.4) is 0 Å². The fourth-order valence-electron chi connectivity index (χ4n) is 11.2. The highest BCUT2D eigenvalue weighted by atomic mass is 16.6. The van der Waals surface area contributed by atoms with Gasteiger partial charge in [0.15, 0.2) is 0 Å². The lowest BCUT2D eigenvalue weighted by Crippen LogP contribution is -2.51. The third-order valence-corrected chi connectivity index (χ3v) is 14.9. The Labute approximate surface area is 438 Å². The molecule has 8 rings (SSSR count). The summed E-state index contributed by atoms with van der Waals surface area (Å²) in [7, 11) is 2.52. The maximum atomic E-state index is 14.2. The van der Waals surface area contributed by atoms with E-state index in [1.165, 1.54) is 28.9 Å². The van der Waals surface area contributed by atoms with Crippen molar-refractivity contribution < 1.29 is 47.7 Å². The molecule has 0 spiro atoms. The van der Waals surface area contributed by atoms with Crippen LogP contribution in [0.25, 0.3) is 22.1 Å². The average molecular weight is 1030 g/mol. The Balaban J connectivity index is 1.19. The highest BCUT2D eigenvalue weighted by molar-refractivity contribution is 5.91. The van der Waals surface area contributed by atoms with Gasteiger partial charge in [-0.25, -0.2) is 38.3 Å². The molecule has 4 amide bonds. The van der Waals surface area contributed by atoms with Gasteiger partial charge in [-0.05, 0) is 123 Å². The van der Waals surface area contributed by atoms with Crippen LogP contribution in [-0.4, -0.2) is 118 Å². The van der Waals surface area contributed by atoms with E-state index in [9.17, 15) is 28.8 Å². The van der Waals surface area contributed by atoms with Gasteiger partial charge in [-0.15, -0.1) is 0 Å². The predicted molar refractivity (Wildman–Crippen MR) is 282 cm³/mol. The van der Waals surface area contributed by atoms with Crippen LogP contribution in [0.2, 0.25) is 0 Å². The molecule has 0 aliphatic carbocycles. The van der Waals surface area contributed by atoms with Crippen LogP contribution in [0.1, 0.15) is 153 Å². The molecule has 0 saturated carbocycles. The van der Waals surface area contributed by atoms with Gasteiger partial charge in [0.05, 0.1) is 73.7 Å². The van der Waals surface area contributed by atoms with E-state index in [2.05, 4.69) is 60.6 Å². The maximum Gasteiger partial charge on any atom is 0.420 e. The van der Waals surface area contributed by atoms with Crippen LogP contribution in [-0.2, 0) is 34.0 Å². The molecule has 75 heavy (non-hydrogen) atoms. The molecule has 3 aliphatic rings. The number of rotatable bonds is 13. The molecule has 5 heterocycles. The first-order chi connectivity index (χ1) is 35.8. The number of hydrogen-bond acceptors (Lipinski definition) is 13. The van der Waals surface area contributed by atoms with Gasteiger partial charge in [-0.2, -0.15) is 0 Å². The van der Waals surface area contributed by atoms with E-state index in [1.807, 2.05) is 64.1 Å². The van der Waals surface area contributed by atoms with Gasteiger partial charge in [0.25, 0.3) is 0 Å². The Morgan fingerprint density at radius 2 is 1.01 bits per heavy atom. The normalized spacial score (nSPS) is 19.7. The van der Waals surface area contributed by atoms with Crippen molar-refractivity contribution in [2.24, 2.45) is 11.8 Å². The monoisotopic (exact) mass is 1030 g/mol. The number of alkyl carbamates (subject to hydrolysis) is 2. The third kappa shape index (κ3) is 10.7. The van der Waals surface area contributed by atoms with Gasteiger partial charge in [-0.1, -0.05) is 72.7 Å². The SMILES string of the molecule is CCOC(=O)n1c(C2CCCN2C(=O)[C@@H](NC(=O)OC)C(C)C)nc2cc([C@H]3CC[C@H](c4ccc5c(c4)nc([C@@H]4CCCN4C(=O)[C@@H](NC(=O)OC)C(C)C)n5C(=O)OCC)N3c3ccc(C(C)(C)C)cc3)ccc21. The van der Waals surface area contributed by atoms with Gasteiger partial charge in [-0.3, -0.25) is 9.59 Å². The summed E-state index contributed by atoms with van der Waals surface area (Å²) in [5.74, 6) is -0.264. The molecule has 5 aromatic rings. The van der Waals surface area contributed by atoms with Gasteiger partial charge in [0, 0.05) is 18.8 Å². The zero-order chi connectivity index (χ0) is 54.0. The molecule has 0 radical (unpaired) electrons. The summed E-state index contributed by atoms with van der Waals surface area (Å²) in [6, 6.07) is 17.5. The summed E-state index contributed by atoms with van der Waals surface area (Å²) in [6.07, 6.45) is 1.38. The van der Waals surface area contributed by atoms with Crippen LogP contribution in [0, 0.1) is 11.8 Å². The number of nitrogens with one attached hydrogen (secondary N) is 2. The third-order valence-electron chi connectivity index (χ3n) is 14.9.